The van der Waals surface area contributed by atoms with Crippen molar-refractivity contribution in [1.82, 2.24) is 20.4 Å². The van der Waals surface area contributed by atoms with E-state index in [1.54, 1.807) is 18.2 Å². The van der Waals surface area contributed by atoms with Crippen LogP contribution in [-0.4, -0.2) is 78.7 Å². The summed E-state index contributed by atoms with van der Waals surface area (Å²) in [4.78, 5) is 43.3. The van der Waals surface area contributed by atoms with Gasteiger partial charge in [-0.1, -0.05) is 71.7 Å². The SMILES string of the molecule is O=C(C[C@H]1S[C@H](c2ccc(Cl)c(Cl)c2)N(CC(=O)NCCCN2CCOCC2)C1=O)NCc1cccc2ccccc12. The molecule has 11 heteroatoms. The van der Waals surface area contributed by atoms with Crippen molar-refractivity contribution in [2.45, 2.75) is 30.0 Å². The summed E-state index contributed by atoms with van der Waals surface area (Å²) in [5.41, 5.74) is 1.76. The molecule has 2 fully saturated rings. The van der Waals surface area contributed by atoms with E-state index in [4.69, 9.17) is 27.9 Å². The second-order valence-corrected chi connectivity index (χ2v) is 12.5. The van der Waals surface area contributed by atoms with Gasteiger partial charge in [-0.2, -0.15) is 0 Å². The summed E-state index contributed by atoms with van der Waals surface area (Å²) in [6.07, 6.45) is 0.813. The summed E-state index contributed by atoms with van der Waals surface area (Å²) in [5.74, 6) is -0.715. The number of hydrogen-bond acceptors (Lipinski definition) is 6. The fraction of sp³-hybridized carbons (Fsp3) is 0.387. The quantitative estimate of drug-likeness (QED) is 0.301. The molecule has 2 N–H and O–H groups in total. The highest BCUT2D eigenvalue weighted by Gasteiger charge is 2.42. The molecule has 0 aromatic heterocycles. The van der Waals surface area contributed by atoms with Gasteiger partial charge < -0.3 is 20.3 Å². The van der Waals surface area contributed by atoms with Crippen molar-refractivity contribution in [2.24, 2.45) is 0 Å². The molecule has 0 bridgehead atoms. The van der Waals surface area contributed by atoms with Crippen molar-refractivity contribution in [3.63, 3.8) is 0 Å². The molecule has 0 spiro atoms. The lowest BCUT2D eigenvalue weighted by Gasteiger charge is -2.26. The van der Waals surface area contributed by atoms with E-state index in [0.717, 1.165) is 61.2 Å². The predicted octanol–water partition coefficient (Wildman–Crippen LogP) is 4.63. The number of benzene rings is 3. The van der Waals surface area contributed by atoms with E-state index in [1.165, 1.54) is 16.7 Å². The Morgan fingerprint density at radius 1 is 0.952 bits per heavy atom. The number of thioether (sulfide) groups is 1. The van der Waals surface area contributed by atoms with Crippen LogP contribution in [0.4, 0.5) is 0 Å². The van der Waals surface area contributed by atoms with Crippen LogP contribution in [0.1, 0.15) is 29.3 Å². The summed E-state index contributed by atoms with van der Waals surface area (Å²) >= 11 is 13.8. The predicted molar refractivity (Wildman–Crippen MR) is 168 cm³/mol. The minimum absolute atomic E-state index is 0.00373. The van der Waals surface area contributed by atoms with E-state index in [1.807, 2.05) is 42.5 Å². The molecule has 2 atom stereocenters. The van der Waals surface area contributed by atoms with Crippen LogP contribution < -0.4 is 10.6 Å². The Morgan fingerprint density at radius 3 is 2.55 bits per heavy atom. The van der Waals surface area contributed by atoms with Crippen LogP contribution in [0.25, 0.3) is 10.8 Å². The van der Waals surface area contributed by atoms with Gasteiger partial charge >= 0.3 is 0 Å². The van der Waals surface area contributed by atoms with Crippen LogP contribution in [0, 0.1) is 0 Å². The first-order valence-corrected chi connectivity index (χ1v) is 15.8. The van der Waals surface area contributed by atoms with E-state index in [0.29, 0.717) is 23.1 Å². The van der Waals surface area contributed by atoms with Crippen LogP contribution >= 0.6 is 35.0 Å². The number of hydrogen-bond donors (Lipinski definition) is 2. The number of halogens is 2. The average Bonchev–Trinajstić information content (AvgIpc) is 3.30. The van der Waals surface area contributed by atoms with Crippen LogP contribution in [-0.2, 0) is 25.7 Å². The topological polar surface area (TPSA) is 91.0 Å². The Labute approximate surface area is 260 Å². The smallest absolute Gasteiger partial charge is 0.239 e. The number of amides is 3. The normalized spacial score (nSPS) is 19.3. The van der Waals surface area contributed by atoms with Gasteiger partial charge in [-0.05, 0) is 47.0 Å². The molecule has 42 heavy (non-hydrogen) atoms. The minimum atomic E-state index is -0.633. The Kier molecular flexibility index (Phi) is 10.6. The Morgan fingerprint density at radius 2 is 1.74 bits per heavy atom. The lowest BCUT2D eigenvalue weighted by molar-refractivity contribution is -0.136. The van der Waals surface area contributed by atoms with Crippen molar-refractivity contribution in [3.05, 3.63) is 81.8 Å². The van der Waals surface area contributed by atoms with Crippen LogP contribution in [0.2, 0.25) is 10.0 Å². The molecule has 2 aliphatic heterocycles. The van der Waals surface area contributed by atoms with E-state index in [-0.39, 0.29) is 30.7 Å². The third-order valence-corrected chi connectivity index (χ3v) is 9.70. The maximum Gasteiger partial charge on any atom is 0.239 e. The highest BCUT2D eigenvalue weighted by molar-refractivity contribution is 8.01. The van der Waals surface area contributed by atoms with E-state index in [2.05, 4.69) is 15.5 Å². The Bertz CT molecular complexity index is 1430. The largest absolute Gasteiger partial charge is 0.379 e. The second-order valence-electron chi connectivity index (χ2n) is 10.4. The fourth-order valence-electron chi connectivity index (χ4n) is 5.26. The number of carbonyl (C=O) groups excluding carboxylic acids is 3. The number of ether oxygens (including phenoxy) is 1. The molecule has 3 aromatic carbocycles. The zero-order chi connectivity index (χ0) is 29.5. The van der Waals surface area contributed by atoms with Crippen molar-refractivity contribution in [3.8, 4) is 0 Å². The minimum Gasteiger partial charge on any atom is -0.379 e. The van der Waals surface area contributed by atoms with Gasteiger partial charge in [-0.25, -0.2) is 0 Å². The Balaban J connectivity index is 1.20. The first kappa shape index (κ1) is 30.6. The molecule has 2 heterocycles. The summed E-state index contributed by atoms with van der Waals surface area (Å²) in [5, 5.41) is 7.77. The molecule has 3 aromatic rings. The van der Waals surface area contributed by atoms with Gasteiger partial charge in [0.2, 0.25) is 17.7 Å². The highest BCUT2D eigenvalue weighted by atomic mass is 35.5. The summed E-state index contributed by atoms with van der Waals surface area (Å²) < 4.78 is 5.38. The lowest BCUT2D eigenvalue weighted by atomic mass is 10.0. The molecule has 0 aliphatic carbocycles. The first-order valence-electron chi connectivity index (χ1n) is 14.1. The van der Waals surface area contributed by atoms with Crippen molar-refractivity contribution >= 4 is 63.5 Å². The fourth-order valence-corrected chi connectivity index (χ4v) is 7.00. The van der Waals surface area contributed by atoms with Crippen LogP contribution in [0.15, 0.2) is 60.7 Å². The third kappa shape index (κ3) is 7.76. The number of morpholine rings is 1. The molecule has 0 saturated carbocycles. The van der Waals surface area contributed by atoms with Gasteiger partial charge in [0.25, 0.3) is 0 Å². The van der Waals surface area contributed by atoms with E-state index >= 15 is 0 Å². The van der Waals surface area contributed by atoms with E-state index < -0.39 is 10.6 Å². The van der Waals surface area contributed by atoms with E-state index in [9.17, 15) is 14.4 Å². The lowest BCUT2D eigenvalue weighted by Crippen LogP contribution is -2.42. The summed E-state index contributed by atoms with van der Waals surface area (Å²) in [6, 6.07) is 19.2. The Hall–Kier alpha value is -2.82. The molecular formula is C31H34Cl2N4O4S. The van der Waals surface area contributed by atoms with Gasteiger partial charge in [-0.3, -0.25) is 19.3 Å². The van der Waals surface area contributed by atoms with Crippen LogP contribution in [0.3, 0.4) is 0 Å². The van der Waals surface area contributed by atoms with Gasteiger partial charge in [0.1, 0.15) is 11.9 Å². The molecule has 2 aliphatic rings. The summed E-state index contributed by atoms with van der Waals surface area (Å²) in [7, 11) is 0. The molecule has 5 rings (SSSR count). The molecule has 222 valence electrons. The molecule has 8 nitrogen and oxygen atoms in total. The molecule has 0 unspecified atom stereocenters. The number of carbonyl (C=O) groups is 3. The van der Waals surface area contributed by atoms with Gasteiger partial charge in [-0.15, -0.1) is 11.8 Å². The summed E-state index contributed by atoms with van der Waals surface area (Å²) in [6.45, 7) is 4.91. The molecule has 2 saturated heterocycles. The van der Waals surface area contributed by atoms with Gasteiger partial charge in [0.05, 0.1) is 28.5 Å². The zero-order valence-corrected chi connectivity index (χ0v) is 25.5. The third-order valence-electron chi connectivity index (χ3n) is 7.48. The van der Waals surface area contributed by atoms with Crippen molar-refractivity contribution in [2.75, 3.05) is 45.9 Å². The number of nitrogens with one attached hydrogen (secondary N) is 2. The monoisotopic (exact) mass is 628 g/mol. The molecule has 0 radical (unpaired) electrons. The van der Waals surface area contributed by atoms with Crippen molar-refractivity contribution in [1.29, 1.82) is 0 Å². The zero-order valence-electron chi connectivity index (χ0n) is 23.2. The second kappa shape index (κ2) is 14.6. The number of rotatable bonds is 11. The highest BCUT2D eigenvalue weighted by Crippen LogP contribution is 2.45. The molecule has 3 amide bonds. The molecular weight excluding hydrogens is 595 g/mol. The van der Waals surface area contributed by atoms with Crippen LogP contribution in [0.5, 0.6) is 0 Å². The van der Waals surface area contributed by atoms with Gasteiger partial charge in [0, 0.05) is 32.6 Å². The maximum absolute atomic E-state index is 13.6. The number of nitrogens with zero attached hydrogens (tertiary/aromatic N) is 2. The number of fused-ring (bicyclic) bond motifs is 1. The standard InChI is InChI=1S/C31H34Cl2N4O4S/c32-25-10-9-22(17-26(25)33)31-37(20-29(39)34-11-4-12-36-13-15-41-16-14-36)30(40)27(42-31)18-28(38)35-19-23-7-3-6-21-5-1-2-8-24(21)23/h1-3,5-10,17,27,31H,4,11-16,18-20H2,(H,34,39)(H,35,38)/t27-,31-/m1/s1. The first-order chi connectivity index (χ1) is 20.4. The average molecular weight is 630 g/mol. The van der Waals surface area contributed by atoms with Crippen molar-refractivity contribution < 1.29 is 19.1 Å². The van der Waals surface area contributed by atoms with Gasteiger partial charge in [0.15, 0.2) is 0 Å². The maximum atomic E-state index is 13.6.